The van der Waals surface area contributed by atoms with Crippen LogP contribution in [0.4, 0.5) is 9.52 Å². The van der Waals surface area contributed by atoms with E-state index in [2.05, 4.69) is 10.3 Å². The van der Waals surface area contributed by atoms with Crippen molar-refractivity contribution in [3.8, 4) is 0 Å². The van der Waals surface area contributed by atoms with Crippen molar-refractivity contribution in [1.82, 2.24) is 4.98 Å². The molecule has 0 radical (unpaired) electrons. The van der Waals surface area contributed by atoms with Crippen LogP contribution in [0.2, 0.25) is 0 Å². The molecule has 0 spiro atoms. The Labute approximate surface area is 110 Å². The van der Waals surface area contributed by atoms with E-state index >= 15 is 0 Å². The maximum atomic E-state index is 12.9. The van der Waals surface area contributed by atoms with Crippen LogP contribution < -0.4 is 5.32 Å². The molecular weight excluding hydrogens is 279 g/mol. The van der Waals surface area contributed by atoms with Gasteiger partial charge in [0.25, 0.3) is 11.1 Å². The van der Waals surface area contributed by atoms with Crippen molar-refractivity contribution in [2.75, 3.05) is 5.32 Å². The zero-order valence-corrected chi connectivity index (χ0v) is 10.4. The first-order valence-corrected chi connectivity index (χ1v) is 6.04. The van der Waals surface area contributed by atoms with Crippen LogP contribution in [0, 0.1) is 5.82 Å². The third kappa shape index (κ3) is 2.91. The molecule has 92 valence electrons. The Bertz CT molecular complexity index is 615. The fraction of sp³-hybridized carbons (Fsp3) is 0. The lowest BCUT2D eigenvalue weighted by atomic mass is 10.2. The summed E-state index contributed by atoms with van der Waals surface area (Å²) in [6, 6.07) is 5.25. The molecule has 1 heterocycles. The van der Waals surface area contributed by atoms with E-state index in [0.717, 1.165) is 17.4 Å². The molecule has 0 aliphatic carbocycles. The van der Waals surface area contributed by atoms with E-state index in [1.165, 1.54) is 23.6 Å². The van der Waals surface area contributed by atoms with Gasteiger partial charge < -0.3 is 0 Å². The SMILES string of the molecule is O=C(Nc1nc(C(=O)Cl)cs1)c1cccc(F)c1. The number of anilines is 1. The second-order valence-electron chi connectivity index (χ2n) is 3.28. The Balaban J connectivity index is 2.13. The number of hydrogen-bond donors (Lipinski definition) is 1. The topological polar surface area (TPSA) is 59.1 Å². The number of nitrogens with one attached hydrogen (secondary N) is 1. The zero-order valence-electron chi connectivity index (χ0n) is 8.81. The van der Waals surface area contributed by atoms with Crippen molar-refractivity contribution in [1.29, 1.82) is 0 Å². The molecule has 2 rings (SSSR count). The summed E-state index contributed by atoms with van der Waals surface area (Å²) < 4.78 is 12.9. The van der Waals surface area contributed by atoms with Gasteiger partial charge in [0.2, 0.25) is 0 Å². The van der Waals surface area contributed by atoms with Crippen molar-refractivity contribution >= 4 is 39.2 Å². The number of carbonyl (C=O) groups excluding carboxylic acids is 2. The third-order valence-corrected chi connectivity index (χ3v) is 2.96. The Kier molecular flexibility index (Phi) is 3.69. The Morgan fingerprint density at radius 3 is 2.78 bits per heavy atom. The van der Waals surface area contributed by atoms with Crippen molar-refractivity contribution in [3.05, 3.63) is 46.7 Å². The minimum absolute atomic E-state index is 0.0659. The predicted octanol–water partition coefficient (Wildman–Crippen LogP) is 2.91. The molecule has 7 heteroatoms. The molecule has 18 heavy (non-hydrogen) atoms. The first-order chi connectivity index (χ1) is 8.56. The van der Waals surface area contributed by atoms with E-state index in [-0.39, 0.29) is 16.4 Å². The van der Waals surface area contributed by atoms with E-state index in [9.17, 15) is 14.0 Å². The lowest BCUT2D eigenvalue weighted by Gasteiger charge is -2.01. The standard InChI is InChI=1S/C11H6ClFN2O2S/c12-9(16)8-5-18-11(14-8)15-10(17)6-2-1-3-7(13)4-6/h1-5H,(H,14,15,17). The van der Waals surface area contributed by atoms with Gasteiger partial charge in [0.15, 0.2) is 5.13 Å². The highest BCUT2D eigenvalue weighted by Gasteiger charge is 2.11. The molecule has 0 saturated carbocycles. The van der Waals surface area contributed by atoms with E-state index in [1.54, 1.807) is 0 Å². The van der Waals surface area contributed by atoms with Gasteiger partial charge in [0.1, 0.15) is 11.5 Å². The summed E-state index contributed by atoms with van der Waals surface area (Å²) in [4.78, 5) is 26.3. The number of halogens is 2. The quantitative estimate of drug-likeness (QED) is 0.882. The molecule has 1 amide bonds. The summed E-state index contributed by atoms with van der Waals surface area (Å²) in [5.74, 6) is -1.00. The van der Waals surface area contributed by atoms with Gasteiger partial charge in [-0.1, -0.05) is 6.07 Å². The lowest BCUT2D eigenvalue weighted by molar-refractivity contribution is 0.102. The van der Waals surface area contributed by atoms with Crippen LogP contribution in [0.1, 0.15) is 20.8 Å². The number of hydrogen-bond acceptors (Lipinski definition) is 4. The van der Waals surface area contributed by atoms with Gasteiger partial charge >= 0.3 is 0 Å². The van der Waals surface area contributed by atoms with Crippen LogP contribution in [0.3, 0.4) is 0 Å². The molecule has 0 aliphatic heterocycles. The van der Waals surface area contributed by atoms with Crippen molar-refractivity contribution in [2.45, 2.75) is 0 Å². The average Bonchev–Trinajstić information content (AvgIpc) is 2.77. The molecule has 0 unspecified atom stereocenters. The molecule has 0 fully saturated rings. The Hall–Kier alpha value is -1.79. The number of amides is 1. The Morgan fingerprint density at radius 2 is 2.17 bits per heavy atom. The molecule has 0 bridgehead atoms. The fourth-order valence-corrected chi connectivity index (χ4v) is 2.07. The molecule has 1 aromatic heterocycles. The van der Waals surface area contributed by atoms with Gasteiger partial charge in [0.05, 0.1) is 0 Å². The highest BCUT2D eigenvalue weighted by atomic mass is 35.5. The van der Waals surface area contributed by atoms with Gasteiger partial charge in [-0.2, -0.15) is 0 Å². The van der Waals surface area contributed by atoms with Crippen molar-refractivity contribution in [3.63, 3.8) is 0 Å². The number of carbonyl (C=O) groups is 2. The maximum absolute atomic E-state index is 12.9. The highest BCUT2D eigenvalue weighted by Crippen LogP contribution is 2.17. The molecular formula is C11H6ClFN2O2S. The zero-order chi connectivity index (χ0) is 13.1. The van der Waals surface area contributed by atoms with Crippen molar-refractivity contribution in [2.24, 2.45) is 0 Å². The number of rotatable bonds is 3. The van der Waals surface area contributed by atoms with Gasteiger partial charge in [-0.05, 0) is 29.8 Å². The van der Waals surface area contributed by atoms with E-state index in [4.69, 9.17) is 11.6 Å². The van der Waals surface area contributed by atoms with Crippen LogP contribution in [0.15, 0.2) is 29.6 Å². The lowest BCUT2D eigenvalue weighted by Crippen LogP contribution is -2.12. The van der Waals surface area contributed by atoms with Crippen LogP contribution in [0.25, 0.3) is 0 Å². The number of benzene rings is 1. The minimum atomic E-state index is -0.697. The van der Waals surface area contributed by atoms with Crippen molar-refractivity contribution < 1.29 is 14.0 Å². The fourth-order valence-electron chi connectivity index (χ4n) is 1.22. The number of aromatic nitrogens is 1. The smallest absolute Gasteiger partial charge is 0.271 e. The summed E-state index contributed by atoms with van der Waals surface area (Å²) in [7, 11) is 0. The van der Waals surface area contributed by atoms with Gasteiger partial charge in [-0.15, -0.1) is 11.3 Å². The van der Waals surface area contributed by atoms with Gasteiger partial charge in [-0.3, -0.25) is 14.9 Å². The van der Waals surface area contributed by atoms with Crippen LogP contribution >= 0.6 is 22.9 Å². The third-order valence-electron chi connectivity index (χ3n) is 2.01. The van der Waals surface area contributed by atoms with Gasteiger partial charge in [0, 0.05) is 10.9 Å². The second kappa shape index (κ2) is 5.24. The summed E-state index contributed by atoms with van der Waals surface area (Å²) in [6.45, 7) is 0. The Morgan fingerprint density at radius 1 is 1.39 bits per heavy atom. The average molecular weight is 285 g/mol. The molecule has 4 nitrogen and oxygen atoms in total. The molecule has 2 aromatic rings. The molecule has 0 atom stereocenters. The van der Waals surface area contributed by atoms with Crippen LogP contribution in [-0.4, -0.2) is 16.1 Å². The molecule has 1 N–H and O–H groups in total. The normalized spacial score (nSPS) is 10.1. The second-order valence-corrected chi connectivity index (χ2v) is 4.48. The predicted molar refractivity (Wildman–Crippen MR) is 66.7 cm³/mol. The van der Waals surface area contributed by atoms with E-state index < -0.39 is 17.0 Å². The maximum Gasteiger partial charge on any atom is 0.271 e. The van der Waals surface area contributed by atoms with E-state index in [1.807, 2.05) is 0 Å². The first kappa shape index (κ1) is 12.7. The summed E-state index contributed by atoms with van der Waals surface area (Å²) >= 11 is 6.30. The molecule has 0 aliphatic rings. The molecule has 0 saturated heterocycles. The summed E-state index contributed by atoms with van der Waals surface area (Å²) in [6.07, 6.45) is 0. The monoisotopic (exact) mass is 284 g/mol. The number of nitrogens with zero attached hydrogens (tertiary/aromatic N) is 1. The number of thiazole rings is 1. The minimum Gasteiger partial charge on any atom is -0.298 e. The van der Waals surface area contributed by atoms with E-state index in [0.29, 0.717) is 0 Å². The van der Waals surface area contributed by atoms with Crippen LogP contribution in [0.5, 0.6) is 0 Å². The summed E-state index contributed by atoms with van der Waals surface area (Å²) in [5, 5.41) is 3.41. The first-order valence-electron chi connectivity index (χ1n) is 4.78. The highest BCUT2D eigenvalue weighted by molar-refractivity contribution is 7.14. The van der Waals surface area contributed by atoms with Crippen LogP contribution in [-0.2, 0) is 0 Å². The molecule has 1 aromatic carbocycles. The largest absolute Gasteiger partial charge is 0.298 e. The summed E-state index contributed by atoms with van der Waals surface area (Å²) in [5.41, 5.74) is 0.236. The van der Waals surface area contributed by atoms with Gasteiger partial charge in [-0.25, -0.2) is 9.37 Å².